The zero-order valence-electron chi connectivity index (χ0n) is 10.8. The number of hydrogen-bond acceptors (Lipinski definition) is 3. The first kappa shape index (κ1) is 14.6. The standard InChI is InChI=1S/C14H15NO4/c1-4-8-15-13(16)10(3)19-12-7-5-6-11(9(12)2)14(17)18/h1,5-7,10H,8H2,2-3H3,(H,15,16)(H,17,18). The third kappa shape index (κ3) is 3.75. The van der Waals surface area contributed by atoms with Gasteiger partial charge in [-0.1, -0.05) is 12.0 Å². The topological polar surface area (TPSA) is 75.6 Å². The van der Waals surface area contributed by atoms with Crippen LogP contribution in [0.5, 0.6) is 5.75 Å². The summed E-state index contributed by atoms with van der Waals surface area (Å²) in [5.74, 6) is 1.27. The molecule has 5 nitrogen and oxygen atoms in total. The summed E-state index contributed by atoms with van der Waals surface area (Å²) >= 11 is 0. The molecule has 1 aromatic carbocycles. The van der Waals surface area contributed by atoms with Crippen molar-refractivity contribution >= 4 is 11.9 Å². The Labute approximate surface area is 111 Å². The number of hydrogen-bond donors (Lipinski definition) is 2. The van der Waals surface area contributed by atoms with Gasteiger partial charge in [-0.3, -0.25) is 4.79 Å². The van der Waals surface area contributed by atoms with Crippen LogP contribution in [0.25, 0.3) is 0 Å². The molecular weight excluding hydrogens is 246 g/mol. The lowest BCUT2D eigenvalue weighted by Gasteiger charge is -2.16. The summed E-state index contributed by atoms with van der Waals surface area (Å²) in [5, 5.41) is 11.5. The molecule has 1 atom stereocenters. The Bertz CT molecular complexity index is 531. The maximum atomic E-state index is 11.6. The maximum absolute atomic E-state index is 11.6. The van der Waals surface area contributed by atoms with Gasteiger partial charge in [0.2, 0.25) is 0 Å². The van der Waals surface area contributed by atoms with Crippen molar-refractivity contribution < 1.29 is 19.4 Å². The van der Waals surface area contributed by atoms with Crippen LogP contribution in [-0.4, -0.2) is 29.6 Å². The number of amides is 1. The number of ether oxygens (including phenoxy) is 1. The first-order chi connectivity index (χ1) is 8.97. The Balaban J connectivity index is 2.83. The molecule has 1 unspecified atom stereocenters. The highest BCUT2D eigenvalue weighted by atomic mass is 16.5. The highest BCUT2D eigenvalue weighted by Gasteiger charge is 2.17. The van der Waals surface area contributed by atoms with E-state index in [0.717, 1.165) is 0 Å². The quantitative estimate of drug-likeness (QED) is 0.781. The maximum Gasteiger partial charge on any atom is 0.336 e. The monoisotopic (exact) mass is 261 g/mol. The predicted molar refractivity (Wildman–Crippen MR) is 70.1 cm³/mol. The summed E-state index contributed by atoms with van der Waals surface area (Å²) in [6, 6.07) is 4.66. The van der Waals surface area contributed by atoms with E-state index in [1.54, 1.807) is 26.0 Å². The van der Waals surface area contributed by atoms with Crippen LogP contribution in [0.3, 0.4) is 0 Å². The molecule has 100 valence electrons. The SMILES string of the molecule is C#CCNC(=O)C(C)Oc1cccc(C(=O)O)c1C. The van der Waals surface area contributed by atoms with Crippen molar-refractivity contribution in [1.82, 2.24) is 5.32 Å². The Morgan fingerprint density at radius 3 is 2.79 bits per heavy atom. The Morgan fingerprint density at radius 2 is 2.21 bits per heavy atom. The van der Waals surface area contributed by atoms with Crippen molar-refractivity contribution in [2.75, 3.05) is 6.54 Å². The molecule has 0 aliphatic heterocycles. The van der Waals surface area contributed by atoms with E-state index in [2.05, 4.69) is 11.2 Å². The normalized spacial score (nSPS) is 11.2. The van der Waals surface area contributed by atoms with Crippen LogP contribution in [-0.2, 0) is 4.79 Å². The van der Waals surface area contributed by atoms with E-state index >= 15 is 0 Å². The van der Waals surface area contributed by atoms with Gasteiger partial charge in [-0.15, -0.1) is 6.42 Å². The molecule has 0 spiro atoms. The molecule has 0 bridgehead atoms. The number of aromatic carboxylic acids is 1. The third-order valence-electron chi connectivity index (χ3n) is 2.55. The van der Waals surface area contributed by atoms with Crippen molar-refractivity contribution in [1.29, 1.82) is 0 Å². The van der Waals surface area contributed by atoms with Gasteiger partial charge in [0.1, 0.15) is 5.75 Å². The number of carboxylic acids is 1. The van der Waals surface area contributed by atoms with E-state index in [1.165, 1.54) is 6.07 Å². The Hall–Kier alpha value is -2.48. The molecule has 1 rings (SSSR count). The number of nitrogens with one attached hydrogen (secondary N) is 1. The highest BCUT2D eigenvalue weighted by molar-refractivity contribution is 5.90. The number of rotatable bonds is 5. The van der Waals surface area contributed by atoms with Gasteiger partial charge in [-0.25, -0.2) is 4.79 Å². The first-order valence-electron chi connectivity index (χ1n) is 5.68. The summed E-state index contributed by atoms with van der Waals surface area (Å²) < 4.78 is 5.45. The van der Waals surface area contributed by atoms with Gasteiger partial charge < -0.3 is 15.2 Å². The van der Waals surface area contributed by atoms with Gasteiger partial charge in [-0.05, 0) is 26.0 Å². The number of carbonyl (C=O) groups excluding carboxylic acids is 1. The first-order valence-corrected chi connectivity index (χ1v) is 5.68. The summed E-state index contributed by atoms with van der Waals surface area (Å²) in [5.41, 5.74) is 0.625. The van der Waals surface area contributed by atoms with Crippen LogP contribution in [0.15, 0.2) is 18.2 Å². The molecule has 0 saturated carbocycles. The summed E-state index contributed by atoms with van der Waals surface area (Å²) in [6.07, 6.45) is 4.28. The second kappa shape index (κ2) is 6.45. The molecule has 0 fully saturated rings. The molecular formula is C14H15NO4. The molecule has 0 saturated heterocycles. The molecule has 2 N–H and O–H groups in total. The zero-order chi connectivity index (χ0) is 14.4. The lowest BCUT2D eigenvalue weighted by atomic mass is 10.1. The van der Waals surface area contributed by atoms with Crippen molar-refractivity contribution in [2.24, 2.45) is 0 Å². The summed E-state index contributed by atoms with van der Waals surface area (Å²) in [6.45, 7) is 3.32. The second-order valence-electron chi connectivity index (χ2n) is 3.92. The van der Waals surface area contributed by atoms with E-state index in [0.29, 0.717) is 11.3 Å². The smallest absolute Gasteiger partial charge is 0.336 e. The summed E-state index contributed by atoms with van der Waals surface area (Å²) in [7, 11) is 0. The number of terminal acetylenes is 1. The van der Waals surface area contributed by atoms with E-state index in [4.69, 9.17) is 16.3 Å². The Morgan fingerprint density at radius 1 is 1.53 bits per heavy atom. The average Bonchev–Trinajstić information content (AvgIpc) is 2.37. The van der Waals surface area contributed by atoms with Crippen LogP contribution in [0.4, 0.5) is 0 Å². The van der Waals surface area contributed by atoms with Crippen molar-refractivity contribution in [3.8, 4) is 18.1 Å². The minimum Gasteiger partial charge on any atom is -0.481 e. The van der Waals surface area contributed by atoms with Gasteiger partial charge >= 0.3 is 5.97 Å². The van der Waals surface area contributed by atoms with Crippen LogP contribution in [0, 0.1) is 19.3 Å². The van der Waals surface area contributed by atoms with Crippen LogP contribution in [0.2, 0.25) is 0 Å². The van der Waals surface area contributed by atoms with Gasteiger partial charge in [0.15, 0.2) is 6.10 Å². The molecule has 0 aliphatic carbocycles. The van der Waals surface area contributed by atoms with Gasteiger partial charge in [0.25, 0.3) is 5.91 Å². The fourth-order valence-electron chi connectivity index (χ4n) is 1.50. The highest BCUT2D eigenvalue weighted by Crippen LogP contribution is 2.22. The van der Waals surface area contributed by atoms with E-state index in [1.807, 2.05) is 0 Å². The van der Waals surface area contributed by atoms with E-state index < -0.39 is 12.1 Å². The molecule has 19 heavy (non-hydrogen) atoms. The van der Waals surface area contributed by atoms with Crippen LogP contribution >= 0.6 is 0 Å². The molecule has 0 aliphatic rings. The average molecular weight is 261 g/mol. The molecule has 1 amide bonds. The van der Waals surface area contributed by atoms with Crippen LogP contribution in [0.1, 0.15) is 22.8 Å². The third-order valence-corrected chi connectivity index (χ3v) is 2.55. The van der Waals surface area contributed by atoms with E-state index in [9.17, 15) is 9.59 Å². The molecule has 0 heterocycles. The van der Waals surface area contributed by atoms with Crippen molar-refractivity contribution in [2.45, 2.75) is 20.0 Å². The van der Waals surface area contributed by atoms with Crippen LogP contribution < -0.4 is 10.1 Å². The number of carbonyl (C=O) groups is 2. The largest absolute Gasteiger partial charge is 0.481 e. The fraction of sp³-hybridized carbons (Fsp3) is 0.286. The van der Waals surface area contributed by atoms with E-state index in [-0.39, 0.29) is 18.0 Å². The molecule has 5 heteroatoms. The lowest BCUT2D eigenvalue weighted by molar-refractivity contribution is -0.127. The van der Waals surface area contributed by atoms with Gasteiger partial charge in [0, 0.05) is 5.56 Å². The zero-order valence-corrected chi connectivity index (χ0v) is 10.8. The fourth-order valence-corrected chi connectivity index (χ4v) is 1.50. The predicted octanol–water partition coefficient (Wildman–Crippen LogP) is 1.21. The van der Waals surface area contributed by atoms with Gasteiger partial charge in [-0.2, -0.15) is 0 Å². The Kier molecular flexibility index (Phi) is 4.95. The molecule has 0 radical (unpaired) electrons. The number of benzene rings is 1. The molecule has 1 aromatic rings. The van der Waals surface area contributed by atoms with Gasteiger partial charge in [0.05, 0.1) is 12.1 Å². The van der Waals surface area contributed by atoms with Crippen molar-refractivity contribution in [3.63, 3.8) is 0 Å². The second-order valence-corrected chi connectivity index (χ2v) is 3.92. The van der Waals surface area contributed by atoms with Crippen molar-refractivity contribution in [3.05, 3.63) is 29.3 Å². The lowest BCUT2D eigenvalue weighted by Crippen LogP contribution is -2.36. The minimum atomic E-state index is -1.03. The molecule has 0 aromatic heterocycles. The summed E-state index contributed by atoms with van der Waals surface area (Å²) in [4.78, 5) is 22.6. The minimum absolute atomic E-state index is 0.126. The number of carboxylic acid groups (broad SMARTS) is 1.